The van der Waals surface area contributed by atoms with E-state index in [1.165, 1.54) is 48.5 Å². The SMILES string of the molecule is O=C(Nc1cccc2c1C(=O)c1ccccc1C2=O)c1cc(N=Nc2c(O)ccc3ccccc23)cc(C(=O)Nc2cccc3c2C(=O)c2ccccc2C3=O)c1. The van der Waals surface area contributed by atoms with Crippen LogP contribution < -0.4 is 10.6 Å². The summed E-state index contributed by atoms with van der Waals surface area (Å²) in [5, 5.41) is 26.2. The third-order valence-corrected chi connectivity index (χ3v) is 9.99. The molecule has 3 N–H and O–H groups in total. The highest BCUT2D eigenvalue weighted by Crippen LogP contribution is 2.37. The molecule has 0 unspecified atom stereocenters. The molecule has 11 heteroatoms. The van der Waals surface area contributed by atoms with Crippen LogP contribution in [0, 0.1) is 0 Å². The number of azo groups is 1. The van der Waals surface area contributed by atoms with Gasteiger partial charge in [0.25, 0.3) is 11.8 Å². The Labute approximate surface area is 323 Å². The van der Waals surface area contributed by atoms with Crippen LogP contribution in [0.3, 0.4) is 0 Å². The van der Waals surface area contributed by atoms with Crippen molar-refractivity contribution in [3.05, 3.63) is 195 Å². The van der Waals surface area contributed by atoms with Gasteiger partial charge in [-0.1, -0.05) is 103 Å². The molecule has 57 heavy (non-hydrogen) atoms. The topological polar surface area (TPSA) is 171 Å². The van der Waals surface area contributed by atoms with Crippen molar-refractivity contribution in [2.45, 2.75) is 0 Å². The van der Waals surface area contributed by atoms with E-state index in [-0.39, 0.29) is 95.7 Å². The number of nitrogens with zero attached hydrogens (tertiary/aromatic N) is 2. The molecule has 0 saturated carbocycles. The van der Waals surface area contributed by atoms with Crippen molar-refractivity contribution in [2.24, 2.45) is 10.2 Å². The minimum atomic E-state index is -0.740. The first-order valence-corrected chi connectivity index (χ1v) is 17.7. The van der Waals surface area contributed by atoms with Crippen LogP contribution in [-0.4, -0.2) is 40.1 Å². The van der Waals surface area contributed by atoms with Gasteiger partial charge in [-0.25, -0.2) is 0 Å². The fourth-order valence-corrected chi connectivity index (χ4v) is 7.27. The zero-order valence-electron chi connectivity index (χ0n) is 29.6. The maximum Gasteiger partial charge on any atom is 0.255 e. The van der Waals surface area contributed by atoms with Gasteiger partial charge in [0.2, 0.25) is 0 Å². The molecule has 0 saturated heterocycles. The van der Waals surface area contributed by atoms with Crippen LogP contribution in [0.4, 0.5) is 22.7 Å². The Hall–Kier alpha value is -8.18. The monoisotopic (exact) mass is 746 g/mol. The lowest BCUT2D eigenvalue weighted by Gasteiger charge is -2.20. The van der Waals surface area contributed by atoms with Crippen LogP contribution >= 0.6 is 0 Å². The second-order valence-electron chi connectivity index (χ2n) is 13.4. The summed E-state index contributed by atoms with van der Waals surface area (Å²) < 4.78 is 0. The highest BCUT2D eigenvalue weighted by atomic mass is 16.3. The van der Waals surface area contributed by atoms with Crippen molar-refractivity contribution in [3.63, 3.8) is 0 Å². The number of fused-ring (bicyclic) bond motifs is 5. The number of carbonyl (C=O) groups is 6. The smallest absolute Gasteiger partial charge is 0.255 e. The number of nitrogens with one attached hydrogen (secondary N) is 2. The molecule has 0 atom stereocenters. The average molecular weight is 747 g/mol. The van der Waals surface area contributed by atoms with Gasteiger partial charge in [0, 0.05) is 49.9 Å². The van der Waals surface area contributed by atoms with Crippen LogP contribution in [0.15, 0.2) is 150 Å². The van der Waals surface area contributed by atoms with Gasteiger partial charge in [0.05, 0.1) is 28.2 Å². The van der Waals surface area contributed by atoms with Crippen LogP contribution in [0.25, 0.3) is 10.8 Å². The van der Waals surface area contributed by atoms with Crippen molar-refractivity contribution >= 4 is 68.5 Å². The summed E-state index contributed by atoms with van der Waals surface area (Å²) in [5.74, 6) is -3.21. The molecule has 11 nitrogen and oxygen atoms in total. The van der Waals surface area contributed by atoms with E-state index < -0.39 is 23.4 Å². The Morgan fingerprint density at radius 1 is 0.456 bits per heavy atom. The molecular weight excluding hydrogens is 721 g/mol. The Morgan fingerprint density at radius 2 is 0.912 bits per heavy atom. The maximum absolute atomic E-state index is 14.1. The lowest BCUT2D eigenvalue weighted by molar-refractivity contribution is 0.0978. The molecule has 9 rings (SSSR count). The van der Waals surface area contributed by atoms with Gasteiger partial charge in [-0.3, -0.25) is 28.8 Å². The zero-order chi connectivity index (χ0) is 39.4. The number of rotatable bonds is 6. The first kappa shape index (κ1) is 34.6. The number of hydrogen-bond donors (Lipinski definition) is 3. The third kappa shape index (κ3) is 5.87. The Kier molecular flexibility index (Phi) is 8.25. The largest absolute Gasteiger partial charge is 0.506 e. The molecule has 2 aliphatic carbocycles. The number of hydrogen-bond acceptors (Lipinski definition) is 9. The number of phenolic OH excluding ortho intramolecular Hbond substituents is 1. The lowest BCUT2D eigenvalue weighted by atomic mass is 9.83. The van der Waals surface area contributed by atoms with Crippen molar-refractivity contribution in [3.8, 4) is 5.75 Å². The van der Waals surface area contributed by atoms with Gasteiger partial charge in [0.1, 0.15) is 11.4 Å². The fraction of sp³-hybridized carbons (Fsp3) is 0. The Morgan fingerprint density at radius 3 is 1.44 bits per heavy atom. The quantitative estimate of drug-likeness (QED) is 0.143. The van der Waals surface area contributed by atoms with Gasteiger partial charge in [0.15, 0.2) is 23.1 Å². The van der Waals surface area contributed by atoms with Crippen LogP contribution in [0.5, 0.6) is 5.75 Å². The Bertz CT molecular complexity index is 2850. The summed E-state index contributed by atoms with van der Waals surface area (Å²) in [4.78, 5) is 82.2. The van der Waals surface area contributed by atoms with E-state index in [0.29, 0.717) is 5.39 Å². The summed E-state index contributed by atoms with van der Waals surface area (Å²) in [7, 11) is 0. The number of ketones is 4. The van der Waals surface area contributed by atoms with Crippen LogP contribution in [-0.2, 0) is 0 Å². The van der Waals surface area contributed by atoms with Crippen molar-refractivity contribution in [2.75, 3.05) is 10.6 Å². The standard InChI is InChI=1S/C46H26N4O7/c51-37-20-19-24-9-1-2-10-28(24)40(37)50-49-27-22-25(45(56)47-35-17-7-15-33-38(35)43(54)31-13-5-3-11-29(31)41(33)52)21-26(23-27)46(57)48-36-18-8-16-34-39(36)44(55)32-14-6-4-12-30(32)42(34)53/h1-23,51H,(H,47,56)(H,48,57). The summed E-state index contributed by atoms with van der Waals surface area (Å²) in [6.45, 7) is 0. The predicted molar refractivity (Wildman–Crippen MR) is 212 cm³/mol. The van der Waals surface area contributed by atoms with Crippen molar-refractivity contribution < 1.29 is 33.9 Å². The normalized spacial score (nSPS) is 12.8. The number of anilines is 2. The van der Waals surface area contributed by atoms with Crippen LogP contribution in [0.1, 0.15) is 84.4 Å². The first-order chi connectivity index (χ1) is 27.7. The van der Waals surface area contributed by atoms with Gasteiger partial charge >= 0.3 is 0 Å². The highest BCUT2D eigenvalue weighted by Gasteiger charge is 2.33. The molecule has 0 spiro atoms. The fourth-order valence-electron chi connectivity index (χ4n) is 7.27. The number of aromatic hydroxyl groups is 1. The molecule has 272 valence electrons. The van der Waals surface area contributed by atoms with Gasteiger partial charge < -0.3 is 15.7 Å². The molecule has 0 radical (unpaired) electrons. The highest BCUT2D eigenvalue weighted by molar-refractivity contribution is 6.32. The van der Waals surface area contributed by atoms with Gasteiger partial charge in [-0.15, -0.1) is 5.11 Å². The molecule has 0 aliphatic heterocycles. The molecule has 7 aromatic carbocycles. The summed E-state index contributed by atoms with van der Waals surface area (Å²) in [6.07, 6.45) is 0. The molecule has 0 heterocycles. The van der Waals surface area contributed by atoms with Gasteiger partial charge in [-0.2, -0.15) is 5.11 Å². The van der Waals surface area contributed by atoms with E-state index in [4.69, 9.17) is 0 Å². The van der Waals surface area contributed by atoms with Crippen molar-refractivity contribution in [1.82, 2.24) is 0 Å². The van der Waals surface area contributed by atoms with E-state index in [9.17, 15) is 33.9 Å². The number of carbonyl (C=O) groups excluding carboxylic acids is 6. The summed E-state index contributed by atoms with van der Waals surface area (Å²) in [6, 6.07) is 36.6. The van der Waals surface area contributed by atoms with E-state index in [0.717, 1.165) is 5.39 Å². The maximum atomic E-state index is 14.1. The second kappa shape index (κ2) is 13.6. The second-order valence-corrected chi connectivity index (χ2v) is 13.4. The third-order valence-electron chi connectivity index (χ3n) is 9.99. The minimum Gasteiger partial charge on any atom is -0.506 e. The lowest BCUT2D eigenvalue weighted by Crippen LogP contribution is -2.24. The minimum absolute atomic E-state index is 0.0319. The molecule has 2 aliphatic rings. The number of phenols is 1. The zero-order valence-corrected chi connectivity index (χ0v) is 29.6. The molecule has 0 aromatic heterocycles. The van der Waals surface area contributed by atoms with E-state index in [1.807, 2.05) is 12.1 Å². The molecule has 0 fully saturated rings. The summed E-state index contributed by atoms with van der Waals surface area (Å²) in [5.41, 5.74) is 1.52. The van der Waals surface area contributed by atoms with Gasteiger partial charge in [-0.05, 0) is 41.8 Å². The number of amides is 2. The van der Waals surface area contributed by atoms with Crippen LogP contribution in [0.2, 0.25) is 0 Å². The van der Waals surface area contributed by atoms with Crippen molar-refractivity contribution in [1.29, 1.82) is 0 Å². The Balaban J connectivity index is 1.11. The molecular formula is C46H26N4O7. The molecule has 0 bridgehead atoms. The first-order valence-electron chi connectivity index (χ1n) is 17.7. The molecule has 2 amide bonds. The average Bonchev–Trinajstić information content (AvgIpc) is 3.24. The summed E-state index contributed by atoms with van der Waals surface area (Å²) >= 11 is 0. The predicted octanol–water partition coefficient (Wildman–Crippen LogP) is 9.02. The molecule has 7 aromatic rings. The number of benzene rings is 7. The van der Waals surface area contributed by atoms with E-state index >= 15 is 0 Å². The van der Waals surface area contributed by atoms with E-state index in [1.54, 1.807) is 78.9 Å². The van der Waals surface area contributed by atoms with E-state index in [2.05, 4.69) is 20.9 Å².